The van der Waals surface area contributed by atoms with Crippen LogP contribution in [0, 0.1) is 0 Å². The van der Waals surface area contributed by atoms with Gasteiger partial charge in [0, 0.05) is 5.56 Å². The van der Waals surface area contributed by atoms with Crippen molar-refractivity contribution in [2.75, 3.05) is 5.73 Å². The third-order valence-electron chi connectivity index (χ3n) is 2.24. The molecule has 1 aliphatic heterocycles. The Bertz CT molecular complexity index is 493. The van der Waals surface area contributed by atoms with Gasteiger partial charge in [0.05, 0.1) is 0 Å². The number of nitrogen functional groups attached to an aromatic ring is 1. The van der Waals surface area contributed by atoms with Crippen LogP contribution >= 0.6 is 11.3 Å². The number of hydrogen-bond donors (Lipinski definition) is 1. The lowest BCUT2D eigenvalue weighted by molar-refractivity contribution is 0.292. The van der Waals surface area contributed by atoms with Crippen LogP contribution < -0.4 is 10.5 Å². The lowest BCUT2D eigenvalue weighted by Crippen LogP contribution is -2.03. The summed E-state index contributed by atoms with van der Waals surface area (Å²) in [6.45, 7) is 0.590. The summed E-state index contributed by atoms with van der Waals surface area (Å²) in [4.78, 5) is 5.17. The van der Waals surface area contributed by atoms with E-state index >= 15 is 0 Å². The minimum absolute atomic E-state index is 0.562. The molecular weight excluding hydrogens is 196 g/mol. The lowest BCUT2D eigenvalue weighted by Gasteiger charge is -2.15. The molecule has 0 fully saturated rings. The number of fused-ring (bicyclic) bond motifs is 3. The molecule has 0 spiro atoms. The molecule has 3 rings (SSSR count). The van der Waals surface area contributed by atoms with Crippen LogP contribution in [0.1, 0.15) is 5.56 Å². The van der Waals surface area contributed by atoms with Gasteiger partial charge in [-0.25, -0.2) is 0 Å². The van der Waals surface area contributed by atoms with Crippen LogP contribution in [-0.2, 0) is 6.61 Å². The second-order valence-corrected chi connectivity index (χ2v) is 4.16. The Morgan fingerprint density at radius 2 is 2.21 bits per heavy atom. The number of hydrogen-bond acceptors (Lipinski definition) is 4. The van der Waals surface area contributed by atoms with Gasteiger partial charge in [-0.1, -0.05) is 35.6 Å². The predicted molar refractivity (Wildman–Crippen MR) is 56.3 cm³/mol. The molecule has 1 aliphatic rings. The fourth-order valence-corrected chi connectivity index (χ4v) is 2.44. The van der Waals surface area contributed by atoms with Gasteiger partial charge in [-0.2, -0.15) is 4.98 Å². The van der Waals surface area contributed by atoms with Crippen LogP contribution in [0.25, 0.3) is 10.4 Å². The number of benzene rings is 1. The molecular formula is C10H8N2OS. The highest BCUT2D eigenvalue weighted by atomic mass is 32.1. The minimum atomic E-state index is 0.562. The number of aromatic nitrogens is 1. The first-order chi connectivity index (χ1) is 6.84. The average molecular weight is 204 g/mol. The Labute approximate surface area is 85.2 Å². The fraction of sp³-hybridized carbons (Fsp3) is 0.100. The first-order valence-electron chi connectivity index (χ1n) is 4.32. The molecule has 4 heteroatoms. The van der Waals surface area contributed by atoms with Crippen LogP contribution in [0.5, 0.6) is 5.88 Å². The van der Waals surface area contributed by atoms with E-state index < -0.39 is 0 Å². The normalized spacial score (nSPS) is 12.9. The van der Waals surface area contributed by atoms with Crippen molar-refractivity contribution in [3.63, 3.8) is 0 Å². The van der Waals surface area contributed by atoms with Gasteiger partial charge in [-0.3, -0.25) is 0 Å². The molecule has 1 aromatic heterocycles. The Morgan fingerprint density at radius 3 is 3.14 bits per heavy atom. The van der Waals surface area contributed by atoms with Gasteiger partial charge in [-0.05, 0) is 5.56 Å². The maximum absolute atomic E-state index is 5.64. The third-order valence-corrected chi connectivity index (χ3v) is 3.14. The number of anilines is 1. The van der Waals surface area contributed by atoms with Crippen molar-refractivity contribution in [3.05, 3.63) is 29.8 Å². The zero-order valence-electron chi connectivity index (χ0n) is 7.36. The van der Waals surface area contributed by atoms with Gasteiger partial charge in [0.2, 0.25) is 5.88 Å². The monoisotopic (exact) mass is 204 g/mol. The number of thiazole rings is 1. The Kier molecular flexibility index (Phi) is 1.52. The second kappa shape index (κ2) is 2.72. The summed E-state index contributed by atoms with van der Waals surface area (Å²) in [7, 11) is 0. The summed E-state index contributed by atoms with van der Waals surface area (Å²) >= 11 is 1.47. The van der Waals surface area contributed by atoms with Crippen LogP contribution in [0.2, 0.25) is 0 Å². The molecule has 0 bridgehead atoms. The smallest absolute Gasteiger partial charge is 0.234 e. The topological polar surface area (TPSA) is 48.1 Å². The van der Waals surface area contributed by atoms with Gasteiger partial charge < -0.3 is 10.5 Å². The lowest BCUT2D eigenvalue weighted by atomic mass is 10.1. The molecule has 0 radical (unpaired) electrons. The van der Waals surface area contributed by atoms with Crippen LogP contribution in [-0.4, -0.2) is 4.98 Å². The maximum atomic E-state index is 5.64. The minimum Gasteiger partial charge on any atom is -0.472 e. The molecule has 2 aromatic rings. The van der Waals surface area contributed by atoms with Gasteiger partial charge in [0.25, 0.3) is 0 Å². The zero-order chi connectivity index (χ0) is 9.54. The quantitative estimate of drug-likeness (QED) is 0.716. The highest BCUT2D eigenvalue weighted by Crippen LogP contribution is 2.41. The molecule has 1 aromatic carbocycles. The van der Waals surface area contributed by atoms with E-state index in [0.717, 1.165) is 4.88 Å². The van der Waals surface area contributed by atoms with E-state index in [4.69, 9.17) is 10.5 Å². The number of nitrogens with two attached hydrogens (primary N) is 1. The van der Waals surface area contributed by atoms with Crippen molar-refractivity contribution in [1.82, 2.24) is 4.98 Å². The second-order valence-electron chi connectivity index (χ2n) is 3.13. The molecule has 0 atom stereocenters. The Hall–Kier alpha value is -1.55. The SMILES string of the molecule is Nc1nc2c(s1)-c1ccccc1CO2. The molecule has 14 heavy (non-hydrogen) atoms. The molecule has 0 aliphatic carbocycles. The number of nitrogens with zero attached hydrogens (tertiary/aromatic N) is 1. The van der Waals surface area contributed by atoms with E-state index in [9.17, 15) is 0 Å². The van der Waals surface area contributed by atoms with Crippen LogP contribution in [0.3, 0.4) is 0 Å². The fourth-order valence-electron chi connectivity index (χ4n) is 1.60. The molecule has 2 heterocycles. The molecule has 3 nitrogen and oxygen atoms in total. The molecule has 70 valence electrons. The standard InChI is InChI=1S/C10H8N2OS/c11-10-12-9-8(14-10)7-4-2-1-3-6(7)5-13-9/h1-4H,5H2,(H2,11,12). The van der Waals surface area contributed by atoms with Crippen LogP contribution in [0.4, 0.5) is 5.13 Å². The highest BCUT2D eigenvalue weighted by molar-refractivity contribution is 7.19. The summed E-state index contributed by atoms with van der Waals surface area (Å²) in [5.74, 6) is 0.672. The van der Waals surface area contributed by atoms with Gasteiger partial charge >= 0.3 is 0 Å². The molecule has 0 amide bonds. The average Bonchev–Trinajstić information content (AvgIpc) is 2.59. The van der Waals surface area contributed by atoms with Crippen molar-refractivity contribution in [2.24, 2.45) is 0 Å². The molecule has 0 saturated heterocycles. The molecule has 0 unspecified atom stereocenters. The summed E-state index contributed by atoms with van der Waals surface area (Å²) in [6.07, 6.45) is 0. The van der Waals surface area contributed by atoms with Gasteiger partial charge in [0.1, 0.15) is 11.5 Å². The number of rotatable bonds is 0. The Morgan fingerprint density at radius 1 is 1.36 bits per heavy atom. The van der Waals surface area contributed by atoms with Crippen molar-refractivity contribution in [2.45, 2.75) is 6.61 Å². The van der Waals surface area contributed by atoms with Crippen LogP contribution in [0.15, 0.2) is 24.3 Å². The van der Waals surface area contributed by atoms with E-state index in [1.807, 2.05) is 12.1 Å². The van der Waals surface area contributed by atoms with E-state index in [-0.39, 0.29) is 0 Å². The maximum Gasteiger partial charge on any atom is 0.234 e. The summed E-state index contributed by atoms with van der Waals surface area (Å²) in [5.41, 5.74) is 8.04. The summed E-state index contributed by atoms with van der Waals surface area (Å²) < 4.78 is 5.49. The van der Waals surface area contributed by atoms with Gasteiger partial charge in [0.15, 0.2) is 5.13 Å². The summed E-state index contributed by atoms with van der Waals surface area (Å²) in [5, 5.41) is 0.562. The van der Waals surface area contributed by atoms with E-state index in [1.165, 1.54) is 22.5 Å². The first kappa shape index (κ1) is 7.82. The molecule has 2 N–H and O–H groups in total. The van der Waals surface area contributed by atoms with Gasteiger partial charge in [-0.15, -0.1) is 0 Å². The zero-order valence-corrected chi connectivity index (χ0v) is 8.17. The van der Waals surface area contributed by atoms with Crippen molar-refractivity contribution in [3.8, 4) is 16.3 Å². The summed E-state index contributed by atoms with van der Waals surface area (Å²) in [6, 6.07) is 8.17. The van der Waals surface area contributed by atoms with Crippen molar-refractivity contribution < 1.29 is 4.74 Å². The highest BCUT2D eigenvalue weighted by Gasteiger charge is 2.20. The molecule has 0 saturated carbocycles. The predicted octanol–water partition coefficient (Wildman–Crippen LogP) is 2.28. The number of ether oxygens (including phenoxy) is 1. The van der Waals surface area contributed by atoms with Crippen molar-refractivity contribution >= 4 is 16.5 Å². The van der Waals surface area contributed by atoms with E-state index in [1.54, 1.807) is 0 Å². The third kappa shape index (κ3) is 1.01. The van der Waals surface area contributed by atoms with E-state index in [0.29, 0.717) is 17.6 Å². The van der Waals surface area contributed by atoms with E-state index in [2.05, 4.69) is 17.1 Å². The Balaban J connectivity index is 2.28. The first-order valence-corrected chi connectivity index (χ1v) is 5.13. The van der Waals surface area contributed by atoms with Crippen molar-refractivity contribution in [1.29, 1.82) is 0 Å². The largest absolute Gasteiger partial charge is 0.472 e.